The van der Waals surface area contributed by atoms with E-state index in [0.29, 0.717) is 5.49 Å². The summed E-state index contributed by atoms with van der Waals surface area (Å²) in [6, 6.07) is 7.74. The number of aromatic nitrogens is 2. The van der Waals surface area contributed by atoms with Crippen molar-refractivity contribution >= 4 is 17.8 Å². The second-order valence-electron chi connectivity index (χ2n) is 4.09. The molecule has 92 valence electrons. The molecule has 1 aromatic carbocycles. The molecule has 1 unspecified atom stereocenters. The van der Waals surface area contributed by atoms with Gasteiger partial charge in [-0.2, -0.15) is 0 Å². The number of fused-ring (bicyclic) bond motifs is 1. The predicted octanol–water partition coefficient (Wildman–Crippen LogP) is -0.212. The summed E-state index contributed by atoms with van der Waals surface area (Å²) in [7, 11) is 0. The molecular formula is C12H12ClN5. The average molecular weight is 262 g/mol. The van der Waals surface area contributed by atoms with Crippen LogP contribution in [0.1, 0.15) is 5.56 Å². The molecule has 0 saturated carbocycles. The Morgan fingerprint density at radius 1 is 1.33 bits per heavy atom. The zero-order valence-electron chi connectivity index (χ0n) is 9.55. The van der Waals surface area contributed by atoms with Gasteiger partial charge < -0.3 is 9.88 Å². The molecule has 2 heterocycles. The van der Waals surface area contributed by atoms with Crippen molar-refractivity contribution in [2.24, 2.45) is 10.7 Å². The van der Waals surface area contributed by atoms with Crippen LogP contribution in [0.25, 0.3) is 6.20 Å². The van der Waals surface area contributed by atoms with Crippen LogP contribution in [-0.4, -0.2) is 15.8 Å². The lowest BCUT2D eigenvalue weighted by atomic mass is 10.2. The quantitative estimate of drug-likeness (QED) is 0.786. The Morgan fingerprint density at radius 3 is 2.89 bits per heavy atom. The highest BCUT2D eigenvalue weighted by Gasteiger charge is 2.06. The first-order valence-corrected chi connectivity index (χ1v) is 5.95. The summed E-state index contributed by atoms with van der Waals surface area (Å²) < 4.78 is 2.01. The zero-order chi connectivity index (χ0) is 12.5. The Labute approximate surface area is 109 Å². The number of hydrogen-bond donors (Lipinski definition) is 2. The van der Waals surface area contributed by atoms with E-state index in [0.717, 1.165) is 22.5 Å². The van der Waals surface area contributed by atoms with E-state index in [1.807, 2.05) is 35.0 Å². The summed E-state index contributed by atoms with van der Waals surface area (Å²) in [5, 5.41) is 4.64. The third kappa shape index (κ3) is 2.10. The van der Waals surface area contributed by atoms with Crippen molar-refractivity contribution in [3.05, 3.63) is 52.0 Å². The van der Waals surface area contributed by atoms with Gasteiger partial charge in [0.1, 0.15) is 5.35 Å². The molecule has 0 radical (unpaired) electrons. The number of nitrogens with two attached hydrogens (primary N) is 1. The van der Waals surface area contributed by atoms with Crippen LogP contribution in [0.5, 0.6) is 0 Å². The van der Waals surface area contributed by atoms with Gasteiger partial charge in [0.2, 0.25) is 0 Å². The smallest absolute Gasteiger partial charge is 0.177 e. The van der Waals surface area contributed by atoms with Gasteiger partial charge in [0.25, 0.3) is 0 Å². The lowest BCUT2D eigenvalue weighted by Crippen LogP contribution is -2.45. The van der Waals surface area contributed by atoms with Crippen LogP contribution >= 0.6 is 11.6 Å². The Morgan fingerprint density at radius 2 is 2.11 bits per heavy atom. The maximum absolute atomic E-state index is 5.86. The largest absolute Gasteiger partial charge is 0.356 e. The Kier molecular flexibility index (Phi) is 2.77. The highest BCUT2D eigenvalue weighted by atomic mass is 35.5. The van der Waals surface area contributed by atoms with Crippen LogP contribution in [-0.2, 0) is 6.54 Å². The third-order valence-corrected chi connectivity index (χ3v) is 3.03. The number of benzene rings is 1. The first kappa shape index (κ1) is 11.3. The SMILES string of the molecule is NC1N=c2ncn(Cc3ccc(Cl)cc3)c2=CN1. The number of imidazole rings is 1. The number of hydrogen-bond acceptors (Lipinski definition) is 4. The van der Waals surface area contributed by atoms with E-state index >= 15 is 0 Å². The van der Waals surface area contributed by atoms with Gasteiger partial charge in [-0.3, -0.25) is 5.73 Å². The molecule has 3 N–H and O–H groups in total. The number of nitrogens with zero attached hydrogens (tertiary/aromatic N) is 3. The molecule has 18 heavy (non-hydrogen) atoms. The van der Waals surface area contributed by atoms with Crippen LogP contribution in [0, 0.1) is 0 Å². The predicted molar refractivity (Wildman–Crippen MR) is 69.1 cm³/mol. The summed E-state index contributed by atoms with van der Waals surface area (Å²) in [5.74, 6) is 0. The molecule has 1 aromatic heterocycles. The second-order valence-corrected chi connectivity index (χ2v) is 4.53. The summed E-state index contributed by atoms with van der Waals surface area (Å²) in [4.78, 5) is 8.44. The fourth-order valence-corrected chi connectivity index (χ4v) is 2.00. The Hall–Kier alpha value is -1.85. The van der Waals surface area contributed by atoms with Crippen molar-refractivity contribution in [1.82, 2.24) is 14.9 Å². The summed E-state index contributed by atoms with van der Waals surface area (Å²) in [6.45, 7) is 0.725. The molecule has 6 heteroatoms. The molecule has 1 aliphatic heterocycles. The summed E-state index contributed by atoms with van der Waals surface area (Å²) in [5.41, 5.74) is 7.49. The van der Waals surface area contributed by atoms with E-state index in [1.165, 1.54) is 0 Å². The molecule has 0 fully saturated rings. The topological polar surface area (TPSA) is 68.2 Å². The summed E-state index contributed by atoms with van der Waals surface area (Å²) in [6.07, 6.45) is 3.20. The first-order chi connectivity index (χ1) is 8.72. The van der Waals surface area contributed by atoms with Gasteiger partial charge in [-0.1, -0.05) is 23.7 Å². The van der Waals surface area contributed by atoms with Crippen molar-refractivity contribution in [2.75, 3.05) is 0 Å². The molecule has 2 aromatic rings. The van der Waals surface area contributed by atoms with Gasteiger partial charge in [-0.15, -0.1) is 0 Å². The number of halogens is 1. The van der Waals surface area contributed by atoms with E-state index < -0.39 is 6.29 Å². The first-order valence-electron chi connectivity index (χ1n) is 5.57. The fraction of sp³-hybridized carbons (Fsp3) is 0.167. The molecule has 0 saturated heterocycles. The van der Waals surface area contributed by atoms with Crippen LogP contribution in [0.2, 0.25) is 5.02 Å². The lowest BCUT2D eigenvalue weighted by Gasteiger charge is -2.09. The monoisotopic (exact) mass is 261 g/mol. The molecule has 5 nitrogen and oxygen atoms in total. The molecule has 0 spiro atoms. The highest BCUT2D eigenvalue weighted by Crippen LogP contribution is 2.09. The zero-order valence-corrected chi connectivity index (χ0v) is 10.3. The molecule has 0 aliphatic carbocycles. The van der Waals surface area contributed by atoms with Crippen molar-refractivity contribution in [1.29, 1.82) is 0 Å². The van der Waals surface area contributed by atoms with Crippen molar-refractivity contribution < 1.29 is 0 Å². The molecule has 0 bridgehead atoms. The van der Waals surface area contributed by atoms with Crippen LogP contribution in [0.15, 0.2) is 35.6 Å². The van der Waals surface area contributed by atoms with Crippen LogP contribution in [0.3, 0.4) is 0 Å². The van der Waals surface area contributed by atoms with Gasteiger partial charge in [-0.05, 0) is 17.7 Å². The van der Waals surface area contributed by atoms with E-state index in [1.54, 1.807) is 6.33 Å². The average Bonchev–Trinajstić information content (AvgIpc) is 2.74. The third-order valence-electron chi connectivity index (χ3n) is 2.78. The second kappa shape index (κ2) is 4.44. The van der Waals surface area contributed by atoms with Gasteiger partial charge in [-0.25, -0.2) is 9.98 Å². The lowest BCUT2D eigenvalue weighted by molar-refractivity contribution is 0.620. The van der Waals surface area contributed by atoms with Gasteiger partial charge in [0.05, 0.1) is 6.33 Å². The van der Waals surface area contributed by atoms with Gasteiger partial charge >= 0.3 is 0 Å². The maximum Gasteiger partial charge on any atom is 0.177 e. The highest BCUT2D eigenvalue weighted by molar-refractivity contribution is 6.30. The van der Waals surface area contributed by atoms with E-state index in [4.69, 9.17) is 17.3 Å². The minimum atomic E-state index is -0.406. The molecule has 3 rings (SSSR count). The molecule has 0 amide bonds. The Bertz CT molecular complexity index is 673. The molecular weight excluding hydrogens is 250 g/mol. The summed E-state index contributed by atoms with van der Waals surface area (Å²) >= 11 is 5.86. The maximum atomic E-state index is 5.86. The minimum Gasteiger partial charge on any atom is -0.356 e. The van der Waals surface area contributed by atoms with Crippen LogP contribution in [0.4, 0.5) is 0 Å². The van der Waals surface area contributed by atoms with Crippen molar-refractivity contribution in [3.8, 4) is 0 Å². The number of nitrogens with one attached hydrogen (secondary N) is 1. The van der Waals surface area contributed by atoms with E-state index in [9.17, 15) is 0 Å². The molecule has 1 aliphatic rings. The van der Waals surface area contributed by atoms with Gasteiger partial charge in [0, 0.05) is 17.8 Å². The standard InChI is InChI=1S/C12H12ClN5/c13-9-3-1-8(2-4-9)6-18-7-16-11-10(18)5-15-12(14)17-11/h1-5,7,12,15H,6,14H2. The normalized spacial score (nSPS) is 17.3. The fourth-order valence-electron chi connectivity index (χ4n) is 1.87. The van der Waals surface area contributed by atoms with Crippen LogP contribution < -0.4 is 21.9 Å². The minimum absolute atomic E-state index is 0.406. The Balaban J connectivity index is 1.96. The number of rotatable bonds is 2. The van der Waals surface area contributed by atoms with E-state index in [2.05, 4.69) is 15.3 Å². The van der Waals surface area contributed by atoms with Crippen molar-refractivity contribution in [3.63, 3.8) is 0 Å². The van der Waals surface area contributed by atoms with Crippen molar-refractivity contribution in [2.45, 2.75) is 12.8 Å². The molecule has 1 atom stereocenters. The van der Waals surface area contributed by atoms with Gasteiger partial charge in [0.15, 0.2) is 11.8 Å². The van der Waals surface area contributed by atoms with E-state index in [-0.39, 0.29) is 0 Å².